The van der Waals surface area contributed by atoms with E-state index in [0.717, 1.165) is 25.6 Å². The summed E-state index contributed by atoms with van der Waals surface area (Å²) in [7, 11) is 0. The summed E-state index contributed by atoms with van der Waals surface area (Å²) in [6.07, 6.45) is 6.42. The number of nitrogens with one attached hydrogen (secondary N) is 3. The van der Waals surface area contributed by atoms with Crippen LogP contribution < -0.4 is 16.0 Å². The summed E-state index contributed by atoms with van der Waals surface area (Å²) in [6, 6.07) is 0. The molecule has 0 aliphatic heterocycles. The molecule has 142 valence electrons. The third kappa shape index (κ3) is 26.2. The van der Waals surface area contributed by atoms with E-state index in [0.29, 0.717) is 0 Å². The molecule has 0 aromatic heterocycles. The minimum Gasteiger partial charge on any atom is -0.317 e. The molecular formula is C16H42Br3N3. The van der Waals surface area contributed by atoms with Crippen LogP contribution in [0.3, 0.4) is 0 Å². The van der Waals surface area contributed by atoms with Crippen LogP contribution in [0.1, 0.15) is 60.3 Å². The molecule has 0 amide bonds. The van der Waals surface area contributed by atoms with Gasteiger partial charge in [-0.2, -0.15) is 0 Å². The lowest BCUT2D eigenvalue weighted by atomic mass is 10.0. The summed E-state index contributed by atoms with van der Waals surface area (Å²) in [5.74, 6) is 0.870. The van der Waals surface area contributed by atoms with Gasteiger partial charge in [-0.25, -0.2) is 0 Å². The lowest BCUT2D eigenvalue weighted by Crippen LogP contribution is -2.25. The van der Waals surface area contributed by atoms with Crippen molar-refractivity contribution in [2.24, 2.45) is 5.92 Å². The van der Waals surface area contributed by atoms with Crippen molar-refractivity contribution in [1.29, 1.82) is 0 Å². The van der Waals surface area contributed by atoms with Crippen LogP contribution in [-0.2, 0) is 0 Å². The molecule has 0 aromatic carbocycles. The summed E-state index contributed by atoms with van der Waals surface area (Å²) < 4.78 is 0. The van der Waals surface area contributed by atoms with Crippen LogP contribution in [0.15, 0.2) is 0 Å². The molecule has 0 rings (SSSR count). The molecule has 0 spiro atoms. The topological polar surface area (TPSA) is 36.1 Å². The van der Waals surface area contributed by atoms with Gasteiger partial charge in [0.15, 0.2) is 0 Å². The molecule has 0 radical (unpaired) electrons. The number of rotatable bonds is 14. The zero-order valence-corrected chi connectivity index (χ0v) is 19.2. The summed E-state index contributed by atoms with van der Waals surface area (Å²) in [5, 5.41) is 10.4. The predicted molar refractivity (Wildman–Crippen MR) is 120 cm³/mol. The van der Waals surface area contributed by atoms with Gasteiger partial charge in [-0.1, -0.05) is 41.0 Å². The fraction of sp³-hybridized carbons (Fsp3) is 1.00. The first-order valence-corrected chi connectivity index (χ1v) is 7.97. The Morgan fingerprint density at radius 1 is 0.636 bits per heavy atom. The van der Waals surface area contributed by atoms with E-state index in [-0.39, 0.29) is 58.4 Å². The highest BCUT2D eigenvalue weighted by atomic mass is 79.9. The van der Waals surface area contributed by atoms with Crippen LogP contribution in [-0.4, -0.2) is 39.3 Å². The van der Waals surface area contributed by atoms with Crippen molar-refractivity contribution in [3.8, 4) is 0 Å². The van der Waals surface area contributed by atoms with Gasteiger partial charge in [-0.05, 0) is 64.4 Å². The molecule has 22 heavy (non-hydrogen) atoms. The maximum absolute atomic E-state index is 3.57. The maximum Gasteiger partial charge on any atom is -0.00207 e. The third-order valence-electron chi connectivity index (χ3n) is 3.50. The number of hydrogen-bond donors (Lipinski definition) is 3. The normalized spacial score (nSPS) is 9.27. The Labute approximate surface area is 171 Å². The Balaban J connectivity index is -0.000000241. The van der Waals surface area contributed by atoms with Crippen molar-refractivity contribution < 1.29 is 0 Å². The fourth-order valence-electron chi connectivity index (χ4n) is 2.02. The van der Waals surface area contributed by atoms with Crippen molar-refractivity contribution >= 4 is 50.9 Å². The van der Waals surface area contributed by atoms with E-state index in [1.165, 1.54) is 51.7 Å². The molecule has 0 bridgehead atoms. The van der Waals surface area contributed by atoms with Gasteiger partial charge >= 0.3 is 0 Å². The van der Waals surface area contributed by atoms with Gasteiger partial charge in [0.1, 0.15) is 0 Å². The second kappa shape index (κ2) is 30.2. The molecule has 3 nitrogen and oxygen atoms in total. The molecular weight excluding hydrogens is 474 g/mol. The van der Waals surface area contributed by atoms with Crippen molar-refractivity contribution in [2.75, 3.05) is 39.3 Å². The largest absolute Gasteiger partial charge is 0.317 e. The number of halogens is 3. The van der Waals surface area contributed by atoms with Crippen LogP contribution in [0.25, 0.3) is 0 Å². The highest BCUT2D eigenvalue weighted by molar-refractivity contribution is 8.93. The SMILES string of the molecule is Br.Br.Br.C.CCNCCCNCCCCNCC(CC)CC. The van der Waals surface area contributed by atoms with E-state index in [1.807, 2.05) is 0 Å². The standard InChI is InChI=1S/C15H35N3.CH4.3BrH/c1-4-15(5-2)14-18-11-8-7-10-17-13-9-12-16-6-3;;;;/h15-18H,4-14H2,1-3H3;1H4;3*1H. The Morgan fingerprint density at radius 2 is 1.09 bits per heavy atom. The van der Waals surface area contributed by atoms with Crippen molar-refractivity contribution in [3.63, 3.8) is 0 Å². The molecule has 0 aliphatic rings. The first kappa shape index (κ1) is 34.6. The van der Waals surface area contributed by atoms with E-state index in [9.17, 15) is 0 Å². The van der Waals surface area contributed by atoms with Gasteiger partial charge in [0.05, 0.1) is 0 Å². The zero-order chi connectivity index (χ0) is 13.5. The second-order valence-corrected chi connectivity index (χ2v) is 5.05. The molecule has 0 saturated carbocycles. The molecule has 0 saturated heterocycles. The highest BCUT2D eigenvalue weighted by Gasteiger charge is 2.01. The Kier molecular flexibility index (Phi) is 47.6. The minimum absolute atomic E-state index is 0. The number of hydrogen-bond acceptors (Lipinski definition) is 3. The minimum atomic E-state index is 0. The smallest absolute Gasteiger partial charge is 0.00207 e. The highest BCUT2D eigenvalue weighted by Crippen LogP contribution is 2.04. The second-order valence-electron chi connectivity index (χ2n) is 5.05. The van der Waals surface area contributed by atoms with Gasteiger partial charge in [0.2, 0.25) is 0 Å². The monoisotopic (exact) mass is 513 g/mol. The van der Waals surface area contributed by atoms with Gasteiger partial charge in [0.25, 0.3) is 0 Å². The molecule has 0 unspecified atom stereocenters. The summed E-state index contributed by atoms with van der Waals surface area (Å²) >= 11 is 0. The molecule has 0 heterocycles. The van der Waals surface area contributed by atoms with Crippen LogP contribution in [0.4, 0.5) is 0 Å². The lowest BCUT2D eigenvalue weighted by Gasteiger charge is -2.13. The molecule has 0 aliphatic carbocycles. The average molecular weight is 516 g/mol. The fourth-order valence-corrected chi connectivity index (χ4v) is 2.02. The van der Waals surface area contributed by atoms with E-state index >= 15 is 0 Å². The van der Waals surface area contributed by atoms with Gasteiger partial charge in [0, 0.05) is 0 Å². The van der Waals surface area contributed by atoms with E-state index < -0.39 is 0 Å². The van der Waals surface area contributed by atoms with Crippen LogP contribution in [0, 0.1) is 5.92 Å². The van der Waals surface area contributed by atoms with Crippen molar-refractivity contribution in [1.82, 2.24) is 16.0 Å². The quantitative estimate of drug-likeness (QED) is 0.292. The van der Waals surface area contributed by atoms with E-state index in [4.69, 9.17) is 0 Å². The van der Waals surface area contributed by atoms with Gasteiger partial charge in [-0.15, -0.1) is 50.9 Å². The molecule has 0 fully saturated rings. The zero-order valence-electron chi connectivity index (χ0n) is 14.1. The lowest BCUT2D eigenvalue weighted by molar-refractivity contribution is 0.444. The Hall–Kier alpha value is 1.32. The van der Waals surface area contributed by atoms with E-state index in [1.54, 1.807) is 0 Å². The number of unbranched alkanes of at least 4 members (excludes halogenated alkanes) is 1. The Bertz CT molecular complexity index is 160. The van der Waals surface area contributed by atoms with Gasteiger partial charge < -0.3 is 16.0 Å². The van der Waals surface area contributed by atoms with E-state index in [2.05, 4.69) is 36.7 Å². The average Bonchev–Trinajstić information content (AvgIpc) is 2.40. The van der Waals surface area contributed by atoms with Crippen LogP contribution in [0.2, 0.25) is 0 Å². The maximum atomic E-state index is 3.57. The summed E-state index contributed by atoms with van der Waals surface area (Å²) in [5.41, 5.74) is 0. The predicted octanol–water partition coefficient (Wildman–Crippen LogP) is 4.75. The van der Waals surface area contributed by atoms with Crippen molar-refractivity contribution in [2.45, 2.75) is 60.3 Å². The molecule has 6 heteroatoms. The third-order valence-corrected chi connectivity index (χ3v) is 3.50. The molecule has 0 aromatic rings. The molecule has 0 atom stereocenters. The van der Waals surface area contributed by atoms with Gasteiger partial charge in [-0.3, -0.25) is 0 Å². The van der Waals surface area contributed by atoms with Crippen LogP contribution in [0.5, 0.6) is 0 Å². The summed E-state index contributed by atoms with van der Waals surface area (Å²) in [4.78, 5) is 0. The first-order chi connectivity index (χ1) is 8.85. The summed E-state index contributed by atoms with van der Waals surface area (Å²) in [6.45, 7) is 13.6. The van der Waals surface area contributed by atoms with Crippen molar-refractivity contribution in [3.05, 3.63) is 0 Å². The van der Waals surface area contributed by atoms with Crippen LogP contribution >= 0.6 is 50.9 Å². The Morgan fingerprint density at radius 3 is 1.59 bits per heavy atom. The first-order valence-electron chi connectivity index (χ1n) is 7.97. The molecule has 3 N–H and O–H groups in total.